The van der Waals surface area contributed by atoms with Crippen LogP contribution in [0.3, 0.4) is 0 Å². The minimum atomic E-state index is -2.07. The van der Waals surface area contributed by atoms with Crippen LogP contribution in [-0.2, 0) is 0 Å². The molecule has 8 heteroatoms. The SMILES string of the molecule is Brc1ccc2c(c1)oc1cc(Br)ccc12.[2H]c1c([2H])c([2H])c(-c2ccc3c(c2)oc2cc(Br)ccc23)c([2H])c1[2H].[2H]c1c([2H])c([2H])c(B(O)O)c([2H])c1[2H]. The summed E-state index contributed by atoms with van der Waals surface area (Å²) in [6.07, 6.45) is 0. The zero-order valence-electron chi connectivity index (χ0n) is 32.4. The molecule has 0 aliphatic heterocycles. The van der Waals surface area contributed by atoms with Gasteiger partial charge in [-0.2, -0.15) is 0 Å². The molecule has 0 spiro atoms. The normalized spacial score (nSPS) is 14.0. The monoisotopic (exact) mass is 778 g/mol. The van der Waals surface area contributed by atoms with Gasteiger partial charge >= 0.3 is 7.12 Å². The van der Waals surface area contributed by atoms with E-state index >= 15 is 0 Å². The summed E-state index contributed by atoms with van der Waals surface area (Å²) in [6, 6.07) is 18.9. The summed E-state index contributed by atoms with van der Waals surface area (Å²) >= 11 is 10.3. The molecule has 4 nitrogen and oxygen atoms in total. The number of fused-ring (bicyclic) bond motifs is 6. The van der Waals surface area contributed by atoms with E-state index in [1.54, 1.807) is 12.1 Å². The lowest BCUT2D eigenvalue weighted by atomic mass is 9.81. The van der Waals surface area contributed by atoms with Gasteiger partial charge in [0.15, 0.2) is 0 Å². The van der Waals surface area contributed by atoms with Gasteiger partial charge in [0.2, 0.25) is 0 Å². The van der Waals surface area contributed by atoms with Crippen molar-refractivity contribution < 1.29 is 32.6 Å². The van der Waals surface area contributed by atoms with Crippen LogP contribution in [-0.4, -0.2) is 17.2 Å². The highest BCUT2D eigenvalue weighted by molar-refractivity contribution is 9.11. The van der Waals surface area contributed by atoms with Gasteiger partial charge in [-0.05, 0) is 83.3 Å². The zero-order chi connectivity index (χ0) is 39.3. The molecule has 2 heterocycles. The van der Waals surface area contributed by atoms with Gasteiger partial charge in [0.25, 0.3) is 0 Å². The van der Waals surface area contributed by atoms with Gasteiger partial charge in [0.1, 0.15) is 22.3 Å². The topological polar surface area (TPSA) is 66.7 Å². The Hall–Kier alpha value is -3.66. The van der Waals surface area contributed by atoms with Crippen molar-refractivity contribution in [3.05, 3.63) is 147 Å². The van der Waals surface area contributed by atoms with Crippen molar-refractivity contribution in [2.45, 2.75) is 0 Å². The Morgan fingerprint density at radius 1 is 0.477 bits per heavy atom. The maximum atomic E-state index is 8.81. The first kappa shape index (κ1) is 20.4. The molecular formula is C36H24BBr3O4. The summed E-state index contributed by atoms with van der Waals surface area (Å²) in [6.45, 7) is 0. The predicted octanol–water partition coefficient (Wildman–Crippen LogP) is 10.5. The van der Waals surface area contributed by atoms with Crippen molar-refractivity contribution >= 4 is 104 Å². The highest BCUT2D eigenvalue weighted by Gasteiger charge is 2.10. The molecule has 0 saturated carbocycles. The fourth-order valence-electron chi connectivity index (χ4n) is 4.41. The molecule has 6 aromatic carbocycles. The molecule has 0 unspecified atom stereocenters. The van der Waals surface area contributed by atoms with E-state index in [0.29, 0.717) is 11.1 Å². The summed E-state index contributed by atoms with van der Waals surface area (Å²) in [5.41, 5.74) is 3.36. The molecule has 0 radical (unpaired) electrons. The molecule has 2 N–H and O–H groups in total. The fraction of sp³-hybridized carbons (Fsp3) is 0. The molecule has 8 rings (SSSR count). The molecule has 0 bridgehead atoms. The van der Waals surface area contributed by atoms with Crippen LogP contribution in [0.25, 0.3) is 55.0 Å². The zero-order valence-corrected chi connectivity index (χ0v) is 27.1. The van der Waals surface area contributed by atoms with Crippen LogP contribution in [0.2, 0.25) is 0 Å². The first-order valence-corrected chi connectivity index (χ1v) is 15.3. The van der Waals surface area contributed by atoms with Crippen molar-refractivity contribution in [2.24, 2.45) is 0 Å². The van der Waals surface area contributed by atoms with E-state index in [2.05, 4.69) is 59.9 Å². The predicted molar refractivity (Wildman–Crippen MR) is 192 cm³/mol. The average Bonchev–Trinajstić information content (AvgIpc) is 3.67. The number of hydrogen-bond acceptors (Lipinski definition) is 4. The number of furan rings is 2. The van der Waals surface area contributed by atoms with E-state index in [-0.39, 0.29) is 29.7 Å². The van der Waals surface area contributed by atoms with Gasteiger partial charge in [-0.3, -0.25) is 0 Å². The second-order valence-corrected chi connectivity index (χ2v) is 12.0. The lowest BCUT2D eigenvalue weighted by Crippen LogP contribution is -2.29. The summed E-state index contributed by atoms with van der Waals surface area (Å²) < 4.78 is 90.3. The maximum absolute atomic E-state index is 8.81. The third kappa shape index (κ3) is 6.85. The molecule has 8 aromatic rings. The van der Waals surface area contributed by atoms with E-state index in [4.69, 9.17) is 32.6 Å². The van der Waals surface area contributed by atoms with Crippen LogP contribution < -0.4 is 5.46 Å². The average molecular weight is 781 g/mol. The Balaban J connectivity index is 0.000000148. The van der Waals surface area contributed by atoms with Gasteiger partial charge in [0.05, 0.1) is 13.7 Å². The quantitative estimate of drug-likeness (QED) is 0.172. The minimum absolute atomic E-state index is 0.175. The molecular weight excluding hydrogens is 747 g/mol. The van der Waals surface area contributed by atoms with E-state index in [1.807, 2.05) is 48.5 Å². The van der Waals surface area contributed by atoms with Gasteiger partial charge < -0.3 is 18.9 Å². The Morgan fingerprint density at radius 2 is 0.864 bits per heavy atom. The van der Waals surface area contributed by atoms with Crippen LogP contribution >= 0.6 is 47.8 Å². The molecule has 0 saturated heterocycles. The summed E-state index contributed by atoms with van der Waals surface area (Å²) in [5, 5.41) is 21.8. The first-order valence-electron chi connectivity index (χ1n) is 17.9. The Bertz CT molecular complexity index is 2660. The van der Waals surface area contributed by atoms with Crippen LogP contribution in [0.15, 0.2) is 155 Å². The maximum Gasteiger partial charge on any atom is 0.488 e. The first-order chi connectivity index (χ1) is 25.5. The lowest BCUT2D eigenvalue weighted by Gasteiger charge is -2.00. The number of rotatable bonds is 2. The van der Waals surface area contributed by atoms with E-state index in [0.717, 1.165) is 51.7 Å². The minimum Gasteiger partial charge on any atom is -0.456 e. The number of benzene rings is 6. The Morgan fingerprint density at radius 3 is 1.30 bits per heavy atom. The Labute approximate surface area is 293 Å². The largest absolute Gasteiger partial charge is 0.488 e. The number of hydrogen-bond donors (Lipinski definition) is 2. The van der Waals surface area contributed by atoms with Crippen molar-refractivity contribution in [3.63, 3.8) is 0 Å². The van der Waals surface area contributed by atoms with Gasteiger partial charge in [0, 0.05) is 35.0 Å². The van der Waals surface area contributed by atoms with Gasteiger partial charge in [-0.25, -0.2) is 0 Å². The molecule has 216 valence electrons. The van der Waals surface area contributed by atoms with E-state index in [1.165, 1.54) is 0 Å². The third-order valence-corrected chi connectivity index (χ3v) is 7.88. The molecule has 0 aliphatic rings. The smallest absolute Gasteiger partial charge is 0.456 e. The van der Waals surface area contributed by atoms with Crippen LogP contribution in [0, 0.1) is 0 Å². The lowest BCUT2D eigenvalue weighted by molar-refractivity contribution is 0.426. The third-order valence-electron chi connectivity index (χ3n) is 6.40. The number of halogens is 3. The Kier molecular flexibility index (Phi) is 6.28. The molecule has 0 atom stereocenters. The highest BCUT2D eigenvalue weighted by atomic mass is 79.9. The second kappa shape index (κ2) is 13.5. The van der Waals surface area contributed by atoms with Crippen LogP contribution in [0.4, 0.5) is 0 Å². The molecule has 0 amide bonds. The molecule has 44 heavy (non-hydrogen) atoms. The summed E-state index contributed by atoms with van der Waals surface area (Å²) in [4.78, 5) is 0. The summed E-state index contributed by atoms with van der Waals surface area (Å²) in [7, 11) is -2.07. The molecule has 0 fully saturated rings. The van der Waals surface area contributed by atoms with E-state index in [9.17, 15) is 0 Å². The molecule has 2 aromatic heterocycles. The van der Waals surface area contributed by atoms with Gasteiger partial charge in [-0.1, -0.05) is 114 Å². The van der Waals surface area contributed by atoms with Crippen molar-refractivity contribution in [3.8, 4) is 11.1 Å². The van der Waals surface area contributed by atoms with E-state index < -0.39 is 48.8 Å². The fourth-order valence-corrected chi connectivity index (χ4v) is 5.43. The van der Waals surface area contributed by atoms with Crippen molar-refractivity contribution in [1.29, 1.82) is 0 Å². The van der Waals surface area contributed by atoms with Crippen LogP contribution in [0.5, 0.6) is 0 Å². The highest BCUT2D eigenvalue weighted by Crippen LogP contribution is 2.34. The standard InChI is InChI=1S/C18H11BrO.C12H6Br2O.C6H7BO2/c19-14-7-9-16-15-8-6-13(12-4-2-1-3-5-12)10-17(15)20-18(16)11-14;13-7-1-3-9-10-4-2-8(14)6-12(10)15-11(9)5-7;8-7(9)6-4-2-1-3-5-6/h1-11H;1-6H;1-5,8-9H/i1D,2D,3D,4D,5D;;1D,2D,3D,4D,5D. The van der Waals surface area contributed by atoms with Crippen molar-refractivity contribution in [1.82, 2.24) is 0 Å². The molecule has 0 aliphatic carbocycles. The second-order valence-electron chi connectivity index (χ2n) is 9.25. The van der Waals surface area contributed by atoms with Crippen LogP contribution in [0.1, 0.15) is 13.7 Å². The van der Waals surface area contributed by atoms with Gasteiger partial charge in [-0.15, -0.1) is 0 Å². The summed E-state index contributed by atoms with van der Waals surface area (Å²) in [5.74, 6) is 0. The van der Waals surface area contributed by atoms with Crippen molar-refractivity contribution in [2.75, 3.05) is 0 Å².